The van der Waals surface area contributed by atoms with Gasteiger partial charge in [0, 0.05) is 19.2 Å². The minimum Gasteiger partial charge on any atom is -0.468 e. The van der Waals surface area contributed by atoms with Crippen LogP contribution in [0.1, 0.15) is 15.0 Å². The number of carbonyl (C=O) groups excluding carboxylic acids is 1. The third-order valence-electron chi connectivity index (χ3n) is 4.00. The summed E-state index contributed by atoms with van der Waals surface area (Å²) in [5.74, 6) is 0.168. The van der Waals surface area contributed by atoms with Crippen molar-refractivity contribution in [2.24, 2.45) is 0 Å². The highest BCUT2D eigenvalue weighted by Gasteiger charge is 2.21. The Morgan fingerprint density at radius 1 is 0.960 bits per heavy atom. The number of thiophene rings is 2. The molecule has 0 radical (unpaired) electrons. The number of ether oxygens (including phenoxy) is 1. The van der Waals surface area contributed by atoms with E-state index in [1.165, 1.54) is 37.0 Å². The van der Waals surface area contributed by atoms with E-state index >= 15 is 0 Å². The third-order valence-corrected chi connectivity index (χ3v) is 7.91. The average molecular weight is 385 g/mol. The standard InChI is InChI=1S/C20H16O2S3/c1-22-19(21)12-23-20(17-10-13-6-2-4-8-15(13)24-17)18-11-14-7-3-5-9-16(14)25-18/h2-11,20H,12H2,1H3. The highest BCUT2D eigenvalue weighted by atomic mass is 32.2. The predicted octanol–water partition coefficient (Wildman–Crippen LogP) is 6.11. The second-order valence-electron chi connectivity index (χ2n) is 5.64. The lowest BCUT2D eigenvalue weighted by Crippen LogP contribution is -2.05. The zero-order valence-corrected chi connectivity index (χ0v) is 16.0. The first-order valence-electron chi connectivity index (χ1n) is 7.90. The van der Waals surface area contributed by atoms with Crippen molar-refractivity contribution in [1.82, 2.24) is 0 Å². The molecule has 0 amide bonds. The van der Waals surface area contributed by atoms with Crippen molar-refractivity contribution in [3.05, 3.63) is 70.4 Å². The van der Waals surface area contributed by atoms with Gasteiger partial charge in [-0.3, -0.25) is 4.79 Å². The van der Waals surface area contributed by atoms with Crippen LogP contribution in [-0.4, -0.2) is 18.8 Å². The SMILES string of the molecule is COC(=O)CSC(c1cc2ccccc2s1)c1cc2ccccc2s1. The zero-order chi connectivity index (χ0) is 17.2. The van der Waals surface area contributed by atoms with Gasteiger partial charge in [0.25, 0.3) is 0 Å². The van der Waals surface area contributed by atoms with Gasteiger partial charge in [-0.2, -0.15) is 0 Å². The fourth-order valence-corrected chi connectivity index (χ4v) is 6.57. The summed E-state index contributed by atoms with van der Waals surface area (Å²) < 4.78 is 7.40. The number of hydrogen-bond donors (Lipinski definition) is 0. The summed E-state index contributed by atoms with van der Waals surface area (Å²) in [4.78, 5) is 14.2. The van der Waals surface area contributed by atoms with E-state index < -0.39 is 0 Å². The fraction of sp³-hybridized carbons (Fsp3) is 0.150. The molecule has 0 aliphatic rings. The number of hydrogen-bond acceptors (Lipinski definition) is 5. The summed E-state index contributed by atoms with van der Waals surface area (Å²) in [5.41, 5.74) is 0. The Balaban J connectivity index is 1.75. The summed E-state index contributed by atoms with van der Waals surface area (Å²) in [6.45, 7) is 0. The molecule has 2 nitrogen and oxygen atoms in total. The van der Waals surface area contributed by atoms with Crippen molar-refractivity contribution in [3.8, 4) is 0 Å². The topological polar surface area (TPSA) is 26.3 Å². The number of thioether (sulfide) groups is 1. The molecular formula is C20H16O2S3. The van der Waals surface area contributed by atoms with Crippen molar-refractivity contribution in [2.75, 3.05) is 12.9 Å². The third kappa shape index (κ3) is 3.45. The van der Waals surface area contributed by atoms with Crippen LogP contribution in [0.15, 0.2) is 60.7 Å². The Kier molecular flexibility index (Phi) is 4.79. The molecule has 4 rings (SSSR count). The molecule has 0 saturated carbocycles. The van der Waals surface area contributed by atoms with Crippen LogP contribution in [0.5, 0.6) is 0 Å². The van der Waals surface area contributed by atoms with Gasteiger partial charge in [-0.05, 0) is 35.0 Å². The number of carbonyl (C=O) groups is 1. The van der Waals surface area contributed by atoms with Crippen LogP contribution in [0.4, 0.5) is 0 Å². The maximum atomic E-state index is 11.7. The average Bonchev–Trinajstić information content (AvgIpc) is 3.25. The van der Waals surface area contributed by atoms with Gasteiger partial charge in [-0.15, -0.1) is 34.4 Å². The van der Waals surface area contributed by atoms with E-state index in [9.17, 15) is 4.79 Å². The molecule has 0 atom stereocenters. The smallest absolute Gasteiger partial charge is 0.315 e. The maximum Gasteiger partial charge on any atom is 0.315 e. The highest BCUT2D eigenvalue weighted by molar-refractivity contribution is 8.00. The lowest BCUT2D eigenvalue weighted by molar-refractivity contribution is -0.137. The molecule has 4 aromatic rings. The Morgan fingerprint density at radius 3 is 1.96 bits per heavy atom. The van der Waals surface area contributed by atoms with Gasteiger partial charge in [-0.1, -0.05) is 36.4 Å². The molecule has 0 aliphatic heterocycles. The van der Waals surface area contributed by atoms with Crippen molar-refractivity contribution in [2.45, 2.75) is 5.25 Å². The molecule has 2 aromatic carbocycles. The first kappa shape index (κ1) is 16.6. The molecule has 2 aromatic heterocycles. The summed E-state index contributed by atoms with van der Waals surface area (Å²) in [6, 6.07) is 21.3. The minimum atomic E-state index is -0.183. The summed E-state index contributed by atoms with van der Waals surface area (Å²) >= 11 is 5.24. The van der Waals surface area contributed by atoms with Crippen LogP contribution < -0.4 is 0 Å². The molecule has 25 heavy (non-hydrogen) atoms. The van der Waals surface area contributed by atoms with Crippen molar-refractivity contribution in [3.63, 3.8) is 0 Å². The Hall–Kier alpha value is -1.82. The van der Waals surface area contributed by atoms with E-state index in [1.807, 2.05) is 0 Å². The number of fused-ring (bicyclic) bond motifs is 2. The van der Waals surface area contributed by atoms with Gasteiger partial charge >= 0.3 is 5.97 Å². The van der Waals surface area contributed by atoms with Gasteiger partial charge in [-0.25, -0.2) is 0 Å². The number of methoxy groups -OCH3 is 1. The number of esters is 1. The minimum absolute atomic E-state index is 0.147. The Labute approximate surface area is 158 Å². The van der Waals surface area contributed by atoms with E-state index in [-0.39, 0.29) is 11.2 Å². The lowest BCUT2D eigenvalue weighted by Gasteiger charge is -2.12. The van der Waals surface area contributed by atoms with Crippen LogP contribution in [0.2, 0.25) is 0 Å². The molecule has 0 aliphatic carbocycles. The van der Waals surface area contributed by atoms with E-state index in [1.54, 1.807) is 34.4 Å². The molecule has 0 N–H and O–H groups in total. The molecule has 0 unspecified atom stereocenters. The zero-order valence-electron chi connectivity index (χ0n) is 13.6. The summed E-state index contributed by atoms with van der Waals surface area (Å²) in [5, 5.41) is 2.66. The molecule has 2 heterocycles. The maximum absolute atomic E-state index is 11.7. The second kappa shape index (κ2) is 7.20. The van der Waals surface area contributed by atoms with E-state index in [0.717, 1.165) is 0 Å². The predicted molar refractivity (Wildman–Crippen MR) is 110 cm³/mol. The molecule has 0 bridgehead atoms. The molecule has 0 spiro atoms. The normalized spacial score (nSPS) is 11.4. The molecule has 5 heteroatoms. The highest BCUT2D eigenvalue weighted by Crippen LogP contribution is 2.45. The van der Waals surface area contributed by atoms with Gasteiger partial charge in [0.15, 0.2) is 0 Å². The molecular weight excluding hydrogens is 368 g/mol. The van der Waals surface area contributed by atoms with Crippen molar-refractivity contribution < 1.29 is 9.53 Å². The van der Waals surface area contributed by atoms with E-state index in [0.29, 0.717) is 5.75 Å². The molecule has 0 saturated heterocycles. The number of benzene rings is 2. The lowest BCUT2D eigenvalue weighted by atomic mass is 10.2. The van der Waals surface area contributed by atoms with E-state index in [2.05, 4.69) is 60.7 Å². The van der Waals surface area contributed by atoms with Crippen LogP contribution >= 0.6 is 34.4 Å². The fourth-order valence-electron chi connectivity index (χ4n) is 2.78. The van der Waals surface area contributed by atoms with Crippen LogP contribution in [-0.2, 0) is 9.53 Å². The monoisotopic (exact) mass is 384 g/mol. The Morgan fingerprint density at radius 2 is 1.48 bits per heavy atom. The van der Waals surface area contributed by atoms with Gasteiger partial charge in [0.2, 0.25) is 0 Å². The van der Waals surface area contributed by atoms with Crippen LogP contribution in [0, 0.1) is 0 Å². The largest absolute Gasteiger partial charge is 0.468 e. The van der Waals surface area contributed by atoms with Crippen molar-refractivity contribution in [1.29, 1.82) is 0 Å². The number of rotatable bonds is 5. The quantitative estimate of drug-likeness (QED) is 0.388. The van der Waals surface area contributed by atoms with E-state index in [4.69, 9.17) is 4.74 Å². The van der Waals surface area contributed by atoms with Gasteiger partial charge in [0.05, 0.1) is 18.1 Å². The first-order chi connectivity index (χ1) is 12.2. The first-order valence-corrected chi connectivity index (χ1v) is 10.6. The van der Waals surface area contributed by atoms with Gasteiger partial charge in [0.1, 0.15) is 0 Å². The second-order valence-corrected chi connectivity index (χ2v) is 8.96. The van der Waals surface area contributed by atoms with Gasteiger partial charge < -0.3 is 4.74 Å². The van der Waals surface area contributed by atoms with Crippen LogP contribution in [0.25, 0.3) is 20.2 Å². The Bertz CT molecular complexity index is 891. The summed E-state index contributed by atoms with van der Waals surface area (Å²) in [6.07, 6.45) is 0. The molecule has 0 fully saturated rings. The van der Waals surface area contributed by atoms with Crippen LogP contribution in [0.3, 0.4) is 0 Å². The van der Waals surface area contributed by atoms with Crippen molar-refractivity contribution >= 4 is 60.6 Å². The summed E-state index contributed by atoms with van der Waals surface area (Å²) in [7, 11) is 1.44. The molecule has 126 valence electrons.